The predicted octanol–water partition coefficient (Wildman–Crippen LogP) is 1.86. The molecule has 1 aromatic rings. The van der Waals surface area contributed by atoms with Crippen molar-refractivity contribution < 1.29 is 5.11 Å². The quantitative estimate of drug-likeness (QED) is 0.838. The van der Waals surface area contributed by atoms with Crippen LogP contribution in [0.15, 0.2) is 24.3 Å². The van der Waals surface area contributed by atoms with Gasteiger partial charge in [-0.25, -0.2) is 0 Å². The molecule has 1 saturated heterocycles. The van der Waals surface area contributed by atoms with Gasteiger partial charge >= 0.3 is 0 Å². The Bertz CT molecular complexity index is 380. The number of rotatable bonds is 3. The van der Waals surface area contributed by atoms with Gasteiger partial charge in [0.1, 0.15) is 0 Å². The number of aliphatic hydroxyl groups excluding tert-OH is 1. The summed E-state index contributed by atoms with van der Waals surface area (Å²) in [5.41, 5.74) is 2.17. The van der Waals surface area contributed by atoms with Crippen LogP contribution < -0.4 is 5.32 Å². The highest BCUT2D eigenvalue weighted by Gasteiger charge is 2.33. The van der Waals surface area contributed by atoms with Gasteiger partial charge in [-0.05, 0) is 51.1 Å². The van der Waals surface area contributed by atoms with Crippen molar-refractivity contribution in [1.29, 1.82) is 0 Å². The van der Waals surface area contributed by atoms with Crippen LogP contribution in [0.2, 0.25) is 0 Å². The molecule has 1 fully saturated rings. The first kappa shape index (κ1) is 12.4. The van der Waals surface area contributed by atoms with Crippen molar-refractivity contribution in [3.8, 4) is 0 Å². The van der Waals surface area contributed by atoms with E-state index in [2.05, 4.69) is 48.5 Å². The van der Waals surface area contributed by atoms with Gasteiger partial charge in [0.2, 0.25) is 0 Å². The van der Waals surface area contributed by atoms with E-state index in [1.54, 1.807) is 0 Å². The van der Waals surface area contributed by atoms with E-state index in [1.165, 1.54) is 5.56 Å². The normalized spacial score (nSPS) is 25.8. The lowest BCUT2D eigenvalue weighted by Crippen LogP contribution is -2.54. The Labute approximate surface area is 103 Å². The van der Waals surface area contributed by atoms with Crippen LogP contribution in [-0.4, -0.2) is 42.3 Å². The zero-order valence-corrected chi connectivity index (χ0v) is 10.7. The van der Waals surface area contributed by atoms with Crippen molar-refractivity contribution in [2.45, 2.75) is 25.3 Å². The first-order valence-corrected chi connectivity index (χ1v) is 6.28. The van der Waals surface area contributed by atoms with Gasteiger partial charge in [-0.15, -0.1) is 0 Å². The second-order valence-electron chi connectivity index (χ2n) is 5.27. The lowest BCUT2D eigenvalue weighted by Gasteiger charge is -2.41. The Kier molecular flexibility index (Phi) is 3.69. The van der Waals surface area contributed by atoms with Crippen LogP contribution in [0.1, 0.15) is 18.4 Å². The minimum atomic E-state index is -0.180. The number of hydrogen-bond donors (Lipinski definition) is 2. The Morgan fingerprint density at radius 2 is 2.29 bits per heavy atom. The van der Waals surface area contributed by atoms with E-state index in [1.807, 2.05) is 0 Å². The summed E-state index contributed by atoms with van der Waals surface area (Å²) < 4.78 is 0. The van der Waals surface area contributed by atoms with E-state index in [4.69, 9.17) is 0 Å². The average Bonchev–Trinajstić information content (AvgIpc) is 2.29. The molecule has 2 N–H and O–H groups in total. The molecule has 0 bridgehead atoms. The fourth-order valence-corrected chi connectivity index (χ4v) is 2.66. The van der Waals surface area contributed by atoms with Crippen molar-refractivity contribution in [1.82, 2.24) is 4.90 Å². The molecular formula is C14H22N2O. The van der Waals surface area contributed by atoms with Gasteiger partial charge in [0.25, 0.3) is 0 Å². The highest BCUT2D eigenvalue weighted by Crippen LogP contribution is 2.25. The highest BCUT2D eigenvalue weighted by atomic mass is 16.3. The summed E-state index contributed by atoms with van der Waals surface area (Å²) >= 11 is 0. The molecule has 1 aliphatic heterocycles. The summed E-state index contributed by atoms with van der Waals surface area (Å²) in [4.78, 5) is 2.28. The van der Waals surface area contributed by atoms with Gasteiger partial charge in [-0.3, -0.25) is 0 Å². The standard InChI is InChI=1S/C14H22N2O/c1-12-5-3-6-13(9-12)15-14(11-17)7-4-8-16(2)10-14/h3,5-6,9,15,17H,4,7-8,10-11H2,1-2H3. The number of likely N-dealkylation sites (tertiary alicyclic amines) is 1. The maximum atomic E-state index is 9.70. The fourth-order valence-electron chi connectivity index (χ4n) is 2.66. The number of aryl methyl sites for hydroxylation is 1. The minimum absolute atomic E-state index is 0.180. The summed E-state index contributed by atoms with van der Waals surface area (Å²) in [6, 6.07) is 8.34. The number of nitrogens with zero attached hydrogens (tertiary/aromatic N) is 1. The van der Waals surface area contributed by atoms with Crippen LogP contribution in [-0.2, 0) is 0 Å². The molecule has 3 nitrogen and oxygen atoms in total. The summed E-state index contributed by atoms with van der Waals surface area (Å²) in [5, 5.41) is 13.2. The lowest BCUT2D eigenvalue weighted by atomic mass is 9.89. The molecule has 1 heterocycles. The van der Waals surface area contributed by atoms with Crippen molar-refractivity contribution in [3.63, 3.8) is 0 Å². The van der Waals surface area contributed by atoms with Crippen molar-refractivity contribution in [2.24, 2.45) is 0 Å². The number of benzene rings is 1. The fraction of sp³-hybridized carbons (Fsp3) is 0.571. The third-order valence-corrected chi connectivity index (χ3v) is 3.50. The SMILES string of the molecule is Cc1cccc(NC2(CO)CCCN(C)C2)c1. The molecule has 1 unspecified atom stereocenters. The molecule has 94 valence electrons. The van der Waals surface area contributed by atoms with Crippen molar-refractivity contribution in [2.75, 3.05) is 32.1 Å². The average molecular weight is 234 g/mol. The second kappa shape index (κ2) is 5.07. The van der Waals surface area contributed by atoms with Crippen molar-refractivity contribution in [3.05, 3.63) is 29.8 Å². The van der Waals surface area contributed by atoms with Crippen LogP contribution in [0, 0.1) is 6.92 Å². The van der Waals surface area contributed by atoms with E-state index in [-0.39, 0.29) is 12.1 Å². The largest absolute Gasteiger partial charge is 0.394 e. The molecule has 1 aromatic carbocycles. The zero-order chi connectivity index (χ0) is 12.3. The molecule has 2 rings (SSSR count). The Hall–Kier alpha value is -1.06. The van der Waals surface area contributed by atoms with Gasteiger partial charge in [-0.1, -0.05) is 12.1 Å². The Morgan fingerprint density at radius 3 is 2.94 bits per heavy atom. The van der Waals surface area contributed by atoms with Crippen molar-refractivity contribution >= 4 is 5.69 Å². The number of hydrogen-bond acceptors (Lipinski definition) is 3. The summed E-state index contributed by atoms with van der Waals surface area (Å²) in [7, 11) is 2.11. The molecule has 3 heteroatoms. The first-order chi connectivity index (χ1) is 8.13. The second-order valence-corrected chi connectivity index (χ2v) is 5.27. The summed E-state index contributed by atoms with van der Waals surface area (Å²) in [5.74, 6) is 0. The number of likely N-dealkylation sites (N-methyl/N-ethyl adjacent to an activating group) is 1. The molecule has 0 aromatic heterocycles. The number of aliphatic hydroxyl groups is 1. The van der Waals surface area contributed by atoms with Crippen LogP contribution in [0.25, 0.3) is 0 Å². The van der Waals surface area contributed by atoms with Gasteiger partial charge in [0.15, 0.2) is 0 Å². The van der Waals surface area contributed by atoms with Crippen LogP contribution in [0.5, 0.6) is 0 Å². The topological polar surface area (TPSA) is 35.5 Å². The van der Waals surface area contributed by atoms with Gasteiger partial charge < -0.3 is 15.3 Å². The maximum Gasteiger partial charge on any atom is 0.0730 e. The Balaban J connectivity index is 2.13. The molecule has 0 amide bonds. The van der Waals surface area contributed by atoms with Gasteiger partial charge in [-0.2, -0.15) is 0 Å². The van der Waals surface area contributed by atoms with E-state index >= 15 is 0 Å². The molecule has 0 spiro atoms. The van der Waals surface area contributed by atoms with Crippen LogP contribution in [0.4, 0.5) is 5.69 Å². The first-order valence-electron chi connectivity index (χ1n) is 6.28. The summed E-state index contributed by atoms with van der Waals surface area (Å²) in [6.07, 6.45) is 2.16. The van der Waals surface area contributed by atoms with Crippen LogP contribution in [0.3, 0.4) is 0 Å². The molecular weight excluding hydrogens is 212 g/mol. The van der Waals surface area contributed by atoms with Gasteiger partial charge in [0.05, 0.1) is 12.1 Å². The predicted molar refractivity (Wildman–Crippen MR) is 71.3 cm³/mol. The minimum Gasteiger partial charge on any atom is -0.394 e. The molecule has 0 radical (unpaired) electrons. The number of nitrogens with one attached hydrogen (secondary N) is 1. The van der Waals surface area contributed by atoms with Gasteiger partial charge in [0, 0.05) is 12.2 Å². The van der Waals surface area contributed by atoms with E-state index < -0.39 is 0 Å². The molecule has 0 aliphatic carbocycles. The zero-order valence-electron chi connectivity index (χ0n) is 10.7. The third kappa shape index (κ3) is 2.99. The maximum absolute atomic E-state index is 9.70. The smallest absolute Gasteiger partial charge is 0.0730 e. The van der Waals surface area contributed by atoms with E-state index in [0.29, 0.717) is 0 Å². The highest BCUT2D eigenvalue weighted by molar-refractivity contribution is 5.48. The number of anilines is 1. The number of piperidine rings is 1. The monoisotopic (exact) mass is 234 g/mol. The molecule has 1 aliphatic rings. The molecule has 1 atom stereocenters. The molecule has 0 saturated carbocycles. The summed E-state index contributed by atoms with van der Waals surface area (Å²) in [6.45, 7) is 4.30. The van der Waals surface area contributed by atoms with E-state index in [0.717, 1.165) is 31.6 Å². The van der Waals surface area contributed by atoms with Crippen LogP contribution >= 0.6 is 0 Å². The van der Waals surface area contributed by atoms with E-state index in [9.17, 15) is 5.11 Å². The third-order valence-electron chi connectivity index (χ3n) is 3.50. The molecule has 17 heavy (non-hydrogen) atoms. The lowest BCUT2D eigenvalue weighted by molar-refractivity contribution is 0.124. The Morgan fingerprint density at radius 1 is 1.47 bits per heavy atom.